The lowest BCUT2D eigenvalue weighted by Gasteiger charge is -2.23. The quantitative estimate of drug-likeness (QED) is 0.744. The molecule has 2 rings (SSSR count). The van der Waals surface area contributed by atoms with Crippen molar-refractivity contribution in [2.45, 2.75) is 19.1 Å². The normalized spacial score (nSPS) is 12.5. The molecule has 28 heavy (non-hydrogen) atoms. The maximum atomic E-state index is 12.8. The Morgan fingerprint density at radius 3 is 2.43 bits per heavy atom. The molecule has 9 heteroatoms. The van der Waals surface area contributed by atoms with E-state index in [-0.39, 0.29) is 18.1 Å². The first-order chi connectivity index (χ1) is 13.1. The van der Waals surface area contributed by atoms with E-state index in [0.29, 0.717) is 10.7 Å². The second kappa shape index (κ2) is 9.07. The second-order valence-electron chi connectivity index (χ2n) is 6.19. The number of alkyl halides is 3. The molecule has 0 aromatic heterocycles. The molecule has 0 fully saturated rings. The highest BCUT2D eigenvalue weighted by molar-refractivity contribution is 6.33. The largest absolute Gasteiger partial charge is 0.416 e. The van der Waals surface area contributed by atoms with E-state index in [1.54, 1.807) is 38.2 Å². The summed E-state index contributed by atoms with van der Waals surface area (Å²) in [5.41, 5.74) is -0.380. The van der Waals surface area contributed by atoms with Crippen LogP contribution in [0.1, 0.15) is 12.5 Å². The molecule has 2 N–H and O–H groups in total. The van der Waals surface area contributed by atoms with Crippen molar-refractivity contribution in [2.24, 2.45) is 0 Å². The van der Waals surface area contributed by atoms with Gasteiger partial charge in [0.15, 0.2) is 0 Å². The Morgan fingerprint density at radius 2 is 1.79 bits per heavy atom. The molecule has 5 nitrogen and oxygen atoms in total. The summed E-state index contributed by atoms with van der Waals surface area (Å²) in [6.07, 6.45) is -4.50. The average Bonchev–Trinajstić information content (AvgIpc) is 2.62. The fourth-order valence-corrected chi connectivity index (χ4v) is 2.52. The van der Waals surface area contributed by atoms with Crippen LogP contribution in [-0.2, 0) is 15.8 Å². The number of carbonyl (C=O) groups is 2. The molecule has 0 saturated carbocycles. The van der Waals surface area contributed by atoms with E-state index in [9.17, 15) is 22.8 Å². The van der Waals surface area contributed by atoms with Gasteiger partial charge in [-0.2, -0.15) is 13.2 Å². The van der Waals surface area contributed by atoms with Gasteiger partial charge in [0.2, 0.25) is 11.8 Å². The highest BCUT2D eigenvalue weighted by Crippen LogP contribution is 2.30. The minimum atomic E-state index is -4.50. The van der Waals surface area contributed by atoms with Crippen LogP contribution in [0.4, 0.5) is 24.5 Å². The minimum Gasteiger partial charge on any atom is -0.325 e. The first-order valence-electron chi connectivity index (χ1n) is 8.30. The predicted octanol–water partition coefficient (Wildman–Crippen LogP) is 4.26. The van der Waals surface area contributed by atoms with Gasteiger partial charge in [-0.05, 0) is 44.3 Å². The summed E-state index contributed by atoms with van der Waals surface area (Å²) in [6, 6.07) is 10.3. The third-order valence-corrected chi connectivity index (χ3v) is 4.37. The van der Waals surface area contributed by atoms with Crippen LogP contribution in [-0.4, -0.2) is 36.3 Å². The summed E-state index contributed by atoms with van der Waals surface area (Å²) in [7, 11) is 1.56. The number of amides is 2. The SMILES string of the molecule is C[C@@H](C(=O)Nc1cccc(C(F)(F)F)c1)N(C)CC(=O)Nc1ccccc1Cl. The van der Waals surface area contributed by atoms with Crippen LogP contribution in [0, 0.1) is 0 Å². The average molecular weight is 414 g/mol. The molecule has 2 amide bonds. The number of rotatable bonds is 6. The van der Waals surface area contributed by atoms with E-state index >= 15 is 0 Å². The lowest BCUT2D eigenvalue weighted by atomic mass is 10.2. The van der Waals surface area contributed by atoms with Gasteiger partial charge in [-0.3, -0.25) is 14.5 Å². The summed E-state index contributed by atoms with van der Waals surface area (Å²) >= 11 is 5.98. The van der Waals surface area contributed by atoms with Crippen LogP contribution < -0.4 is 10.6 Å². The molecule has 0 aliphatic rings. The second-order valence-corrected chi connectivity index (χ2v) is 6.59. The van der Waals surface area contributed by atoms with E-state index in [4.69, 9.17) is 11.6 Å². The van der Waals surface area contributed by atoms with Crippen molar-refractivity contribution < 1.29 is 22.8 Å². The smallest absolute Gasteiger partial charge is 0.325 e. The van der Waals surface area contributed by atoms with Crippen molar-refractivity contribution in [3.8, 4) is 0 Å². The molecule has 0 heterocycles. The number of nitrogens with zero attached hydrogens (tertiary/aromatic N) is 1. The van der Waals surface area contributed by atoms with E-state index in [1.807, 2.05) is 0 Å². The van der Waals surface area contributed by atoms with Crippen molar-refractivity contribution in [3.05, 3.63) is 59.1 Å². The number of likely N-dealkylation sites (N-methyl/N-ethyl adjacent to an activating group) is 1. The van der Waals surface area contributed by atoms with Gasteiger partial charge in [0, 0.05) is 5.69 Å². The molecule has 0 radical (unpaired) electrons. The molecule has 0 aliphatic heterocycles. The van der Waals surface area contributed by atoms with Gasteiger partial charge in [-0.15, -0.1) is 0 Å². The van der Waals surface area contributed by atoms with Gasteiger partial charge in [-0.1, -0.05) is 29.8 Å². The number of hydrogen-bond acceptors (Lipinski definition) is 3. The summed E-state index contributed by atoms with van der Waals surface area (Å²) in [4.78, 5) is 25.9. The van der Waals surface area contributed by atoms with Crippen molar-refractivity contribution in [2.75, 3.05) is 24.2 Å². The molecule has 0 spiro atoms. The highest BCUT2D eigenvalue weighted by Gasteiger charge is 2.30. The topological polar surface area (TPSA) is 61.4 Å². The molecule has 2 aromatic rings. The standard InChI is InChI=1S/C19H19ClF3N3O2/c1-12(18(28)24-14-7-5-6-13(10-14)19(21,22)23)26(2)11-17(27)25-16-9-4-3-8-15(16)20/h3-10,12H,11H2,1-2H3,(H,24,28)(H,25,27)/t12-/m0/s1. The lowest BCUT2D eigenvalue weighted by Crippen LogP contribution is -2.43. The Kier molecular flexibility index (Phi) is 7.04. The summed E-state index contributed by atoms with van der Waals surface area (Å²) in [5.74, 6) is -0.915. The fourth-order valence-electron chi connectivity index (χ4n) is 2.34. The van der Waals surface area contributed by atoms with Gasteiger partial charge in [0.05, 0.1) is 28.9 Å². The lowest BCUT2D eigenvalue weighted by molar-refractivity contribution is -0.137. The zero-order valence-corrected chi connectivity index (χ0v) is 15.9. The number of halogens is 4. The highest BCUT2D eigenvalue weighted by atomic mass is 35.5. The number of nitrogens with one attached hydrogen (secondary N) is 2. The van der Waals surface area contributed by atoms with E-state index in [2.05, 4.69) is 10.6 Å². The Morgan fingerprint density at radius 1 is 1.11 bits per heavy atom. The fraction of sp³-hybridized carbons (Fsp3) is 0.263. The van der Waals surface area contributed by atoms with E-state index in [1.165, 1.54) is 17.0 Å². The molecule has 1 atom stereocenters. The molecule has 2 aromatic carbocycles. The molecule has 0 aliphatic carbocycles. The van der Waals surface area contributed by atoms with Gasteiger partial charge in [0.1, 0.15) is 0 Å². The van der Waals surface area contributed by atoms with Crippen molar-refractivity contribution in [3.63, 3.8) is 0 Å². The summed E-state index contributed by atoms with van der Waals surface area (Å²) < 4.78 is 38.3. The molecular weight excluding hydrogens is 395 g/mol. The number of anilines is 2. The van der Waals surface area contributed by atoms with Crippen LogP contribution in [0.15, 0.2) is 48.5 Å². The van der Waals surface area contributed by atoms with Gasteiger partial charge >= 0.3 is 6.18 Å². The maximum absolute atomic E-state index is 12.8. The van der Waals surface area contributed by atoms with E-state index in [0.717, 1.165) is 12.1 Å². The first kappa shape index (κ1) is 21.7. The van der Waals surface area contributed by atoms with Crippen LogP contribution in [0.25, 0.3) is 0 Å². The zero-order valence-electron chi connectivity index (χ0n) is 15.2. The van der Waals surface area contributed by atoms with Crippen molar-refractivity contribution >= 4 is 34.8 Å². The summed E-state index contributed by atoms with van der Waals surface area (Å²) in [6.45, 7) is 1.44. The van der Waals surface area contributed by atoms with Crippen LogP contribution >= 0.6 is 11.6 Å². The van der Waals surface area contributed by atoms with Gasteiger partial charge < -0.3 is 10.6 Å². The van der Waals surface area contributed by atoms with Gasteiger partial charge in [0.25, 0.3) is 0 Å². The van der Waals surface area contributed by atoms with Crippen molar-refractivity contribution in [1.82, 2.24) is 4.90 Å². The molecular formula is C19H19ClF3N3O2. The Bertz CT molecular complexity index is 858. The number of para-hydroxylation sites is 1. The van der Waals surface area contributed by atoms with E-state index < -0.39 is 23.7 Å². The van der Waals surface area contributed by atoms with Crippen molar-refractivity contribution in [1.29, 1.82) is 0 Å². The third kappa shape index (κ3) is 5.97. The summed E-state index contributed by atoms with van der Waals surface area (Å²) in [5, 5.41) is 5.46. The minimum absolute atomic E-state index is 0.0283. The molecule has 150 valence electrons. The Balaban J connectivity index is 1.95. The monoisotopic (exact) mass is 413 g/mol. The molecule has 0 bridgehead atoms. The van der Waals surface area contributed by atoms with Crippen LogP contribution in [0.5, 0.6) is 0 Å². The number of benzene rings is 2. The van der Waals surface area contributed by atoms with Gasteiger partial charge in [-0.25, -0.2) is 0 Å². The predicted molar refractivity (Wildman–Crippen MR) is 102 cm³/mol. The Labute approximate surface area is 165 Å². The first-order valence-corrected chi connectivity index (χ1v) is 8.68. The Hall–Kier alpha value is -2.58. The third-order valence-electron chi connectivity index (χ3n) is 4.04. The van der Waals surface area contributed by atoms with Crippen LogP contribution in [0.2, 0.25) is 5.02 Å². The van der Waals surface area contributed by atoms with Crippen LogP contribution in [0.3, 0.4) is 0 Å². The molecule has 0 saturated heterocycles. The zero-order chi connectivity index (χ0) is 20.9. The maximum Gasteiger partial charge on any atom is 0.416 e. The number of hydrogen-bond donors (Lipinski definition) is 2. The molecule has 0 unspecified atom stereocenters. The number of carbonyl (C=O) groups excluding carboxylic acids is 2.